The smallest absolute Gasteiger partial charge is 0.326 e. The molecule has 0 spiro atoms. The summed E-state index contributed by atoms with van der Waals surface area (Å²) in [6, 6.07) is -1.93. The standard InChI is InChI=1S/C12H22N2O5/c1-14(9-4-2-3-5-10(9)16)12(19)13-8(6-7-15)11(17)18/h8-10,15-16H,2-7H2,1H3,(H,13,19)(H,17,18)/t8-,9?,10?/m1/s1. The van der Waals surface area contributed by atoms with Crippen molar-refractivity contribution in [2.24, 2.45) is 0 Å². The van der Waals surface area contributed by atoms with Crippen LogP contribution in [0.5, 0.6) is 0 Å². The molecule has 2 amide bonds. The Labute approximate surface area is 112 Å². The first-order valence-electron chi connectivity index (χ1n) is 6.52. The van der Waals surface area contributed by atoms with Crippen LogP contribution in [0.1, 0.15) is 32.1 Å². The van der Waals surface area contributed by atoms with Crippen molar-refractivity contribution in [3.8, 4) is 0 Å². The Balaban J connectivity index is 2.57. The van der Waals surface area contributed by atoms with Crippen LogP contribution in [0.2, 0.25) is 0 Å². The molecule has 2 unspecified atom stereocenters. The molecule has 0 saturated heterocycles. The summed E-state index contributed by atoms with van der Waals surface area (Å²) in [6.45, 7) is -0.312. The zero-order valence-corrected chi connectivity index (χ0v) is 11.1. The molecule has 19 heavy (non-hydrogen) atoms. The summed E-state index contributed by atoms with van der Waals surface area (Å²) in [7, 11) is 1.55. The Hall–Kier alpha value is -1.34. The SMILES string of the molecule is CN(C(=O)N[C@H](CCO)C(=O)O)C1CCCCC1O. The van der Waals surface area contributed by atoms with E-state index in [9.17, 15) is 14.7 Å². The van der Waals surface area contributed by atoms with Crippen molar-refractivity contribution < 1.29 is 24.9 Å². The van der Waals surface area contributed by atoms with Crippen molar-refractivity contribution in [3.05, 3.63) is 0 Å². The van der Waals surface area contributed by atoms with Crippen molar-refractivity contribution in [2.45, 2.75) is 50.3 Å². The van der Waals surface area contributed by atoms with Gasteiger partial charge in [0.2, 0.25) is 0 Å². The predicted molar refractivity (Wildman–Crippen MR) is 67.7 cm³/mol. The first-order chi connectivity index (χ1) is 8.97. The topological polar surface area (TPSA) is 110 Å². The number of nitrogens with zero attached hydrogens (tertiary/aromatic N) is 1. The number of aliphatic hydroxyl groups excluding tert-OH is 2. The minimum absolute atomic E-state index is 0.0396. The minimum Gasteiger partial charge on any atom is -0.480 e. The van der Waals surface area contributed by atoms with Gasteiger partial charge < -0.3 is 25.5 Å². The number of amides is 2. The number of carbonyl (C=O) groups is 2. The van der Waals surface area contributed by atoms with Gasteiger partial charge in [-0.05, 0) is 12.8 Å². The van der Waals surface area contributed by atoms with Gasteiger partial charge in [0, 0.05) is 20.1 Å². The summed E-state index contributed by atoms with van der Waals surface area (Å²) in [6.07, 6.45) is 2.64. The number of urea groups is 1. The van der Waals surface area contributed by atoms with E-state index in [4.69, 9.17) is 10.2 Å². The molecule has 0 aromatic rings. The van der Waals surface area contributed by atoms with E-state index in [1.54, 1.807) is 7.05 Å². The van der Waals surface area contributed by atoms with Crippen LogP contribution < -0.4 is 5.32 Å². The second-order valence-electron chi connectivity index (χ2n) is 4.88. The number of hydrogen-bond donors (Lipinski definition) is 4. The van der Waals surface area contributed by atoms with Crippen LogP contribution in [0.4, 0.5) is 4.79 Å². The Bertz CT molecular complexity index is 323. The van der Waals surface area contributed by atoms with Crippen molar-refractivity contribution >= 4 is 12.0 Å². The molecule has 0 heterocycles. The van der Waals surface area contributed by atoms with Gasteiger partial charge in [-0.2, -0.15) is 0 Å². The highest BCUT2D eigenvalue weighted by atomic mass is 16.4. The van der Waals surface area contributed by atoms with E-state index in [0.29, 0.717) is 12.8 Å². The van der Waals surface area contributed by atoms with Gasteiger partial charge in [-0.3, -0.25) is 0 Å². The Morgan fingerprint density at radius 2 is 2.00 bits per heavy atom. The Kier molecular flexibility index (Phi) is 6.04. The lowest BCUT2D eigenvalue weighted by molar-refractivity contribution is -0.139. The predicted octanol–water partition coefficient (Wildman–Crippen LogP) is -0.233. The second kappa shape index (κ2) is 7.30. The zero-order valence-electron chi connectivity index (χ0n) is 11.1. The molecule has 0 aromatic heterocycles. The molecule has 0 aromatic carbocycles. The van der Waals surface area contributed by atoms with Crippen LogP contribution in [-0.4, -0.2) is 64.1 Å². The first-order valence-corrected chi connectivity index (χ1v) is 6.52. The highest BCUT2D eigenvalue weighted by Gasteiger charge is 2.31. The van der Waals surface area contributed by atoms with Gasteiger partial charge in [-0.25, -0.2) is 9.59 Å². The van der Waals surface area contributed by atoms with Crippen LogP contribution in [0.25, 0.3) is 0 Å². The molecule has 0 aliphatic heterocycles. The van der Waals surface area contributed by atoms with E-state index < -0.39 is 24.1 Å². The van der Waals surface area contributed by atoms with Gasteiger partial charge in [-0.15, -0.1) is 0 Å². The molecule has 0 bridgehead atoms. The molecule has 7 nitrogen and oxygen atoms in total. The fraction of sp³-hybridized carbons (Fsp3) is 0.833. The Morgan fingerprint density at radius 1 is 1.37 bits per heavy atom. The lowest BCUT2D eigenvalue weighted by atomic mass is 9.92. The number of likely N-dealkylation sites (N-methyl/N-ethyl adjacent to an activating group) is 1. The van der Waals surface area contributed by atoms with E-state index in [0.717, 1.165) is 12.8 Å². The van der Waals surface area contributed by atoms with Gasteiger partial charge >= 0.3 is 12.0 Å². The van der Waals surface area contributed by atoms with Crippen LogP contribution in [0, 0.1) is 0 Å². The molecular weight excluding hydrogens is 252 g/mol. The van der Waals surface area contributed by atoms with Crippen molar-refractivity contribution in [3.63, 3.8) is 0 Å². The maximum Gasteiger partial charge on any atom is 0.326 e. The molecule has 7 heteroatoms. The van der Waals surface area contributed by atoms with Gasteiger partial charge in [0.05, 0.1) is 12.1 Å². The van der Waals surface area contributed by atoms with E-state index >= 15 is 0 Å². The maximum absolute atomic E-state index is 11.9. The number of aliphatic carboxylic acids is 1. The number of carboxylic acids is 1. The first kappa shape index (κ1) is 15.7. The van der Waals surface area contributed by atoms with Gasteiger partial charge in [0.1, 0.15) is 6.04 Å². The minimum atomic E-state index is -1.18. The van der Waals surface area contributed by atoms with Gasteiger partial charge in [-0.1, -0.05) is 12.8 Å². The molecule has 4 N–H and O–H groups in total. The molecule has 0 radical (unpaired) electrons. The summed E-state index contributed by atoms with van der Waals surface area (Å²) >= 11 is 0. The number of hydrogen-bond acceptors (Lipinski definition) is 4. The fourth-order valence-electron chi connectivity index (χ4n) is 2.33. The van der Waals surface area contributed by atoms with Crippen molar-refractivity contribution in [2.75, 3.05) is 13.7 Å². The zero-order chi connectivity index (χ0) is 14.4. The summed E-state index contributed by atoms with van der Waals surface area (Å²) in [5.74, 6) is -1.18. The fourth-order valence-corrected chi connectivity index (χ4v) is 2.33. The normalized spacial score (nSPS) is 24.6. The lowest BCUT2D eigenvalue weighted by Gasteiger charge is -2.35. The highest BCUT2D eigenvalue weighted by molar-refractivity contribution is 5.82. The van der Waals surface area contributed by atoms with Crippen LogP contribution in [0.3, 0.4) is 0 Å². The van der Waals surface area contributed by atoms with Crippen LogP contribution in [-0.2, 0) is 4.79 Å². The summed E-state index contributed by atoms with van der Waals surface area (Å²) in [5, 5.41) is 29.9. The summed E-state index contributed by atoms with van der Waals surface area (Å²) in [5.41, 5.74) is 0. The van der Waals surface area contributed by atoms with Crippen molar-refractivity contribution in [1.82, 2.24) is 10.2 Å². The molecule has 1 fully saturated rings. The third-order valence-electron chi connectivity index (χ3n) is 3.53. The second-order valence-corrected chi connectivity index (χ2v) is 4.88. The van der Waals surface area contributed by atoms with E-state index in [1.165, 1.54) is 4.90 Å². The third-order valence-corrected chi connectivity index (χ3v) is 3.53. The highest BCUT2D eigenvalue weighted by Crippen LogP contribution is 2.22. The average Bonchev–Trinajstić information content (AvgIpc) is 2.37. The Morgan fingerprint density at radius 3 is 2.53 bits per heavy atom. The molecule has 3 atom stereocenters. The van der Waals surface area contributed by atoms with E-state index in [-0.39, 0.29) is 19.1 Å². The maximum atomic E-state index is 11.9. The molecule has 1 aliphatic rings. The lowest BCUT2D eigenvalue weighted by Crippen LogP contribution is -2.53. The number of nitrogens with one attached hydrogen (secondary N) is 1. The number of carboxylic acid groups (broad SMARTS) is 1. The van der Waals surface area contributed by atoms with E-state index in [1.807, 2.05) is 0 Å². The third kappa shape index (κ3) is 4.36. The summed E-state index contributed by atoms with van der Waals surface area (Å²) in [4.78, 5) is 24.2. The number of rotatable bonds is 5. The molecule has 1 saturated carbocycles. The van der Waals surface area contributed by atoms with Crippen molar-refractivity contribution in [1.29, 1.82) is 0 Å². The summed E-state index contributed by atoms with van der Waals surface area (Å²) < 4.78 is 0. The van der Waals surface area contributed by atoms with Crippen LogP contribution in [0.15, 0.2) is 0 Å². The van der Waals surface area contributed by atoms with E-state index in [2.05, 4.69) is 5.32 Å². The van der Waals surface area contributed by atoms with Gasteiger partial charge in [0.15, 0.2) is 0 Å². The van der Waals surface area contributed by atoms with Crippen LogP contribution >= 0.6 is 0 Å². The quantitative estimate of drug-likeness (QED) is 0.553. The van der Waals surface area contributed by atoms with Gasteiger partial charge in [0.25, 0.3) is 0 Å². The monoisotopic (exact) mass is 274 g/mol. The molecule has 1 aliphatic carbocycles. The average molecular weight is 274 g/mol. The number of aliphatic hydroxyl groups is 2. The largest absolute Gasteiger partial charge is 0.480 e. The number of carbonyl (C=O) groups excluding carboxylic acids is 1. The molecule has 110 valence electrons. The molecular formula is C12H22N2O5. The molecule has 1 rings (SSSR count).